The first-order valence-corrected chi connectivity index (χ1v) is 7.22. The van der Waals surface area contributed by atoms with Gasteiger partial charge >= 0.3 is 0 Å². The summed E-state index contributed by atoms with van der Waals surface area (Å²) >= 11 is 0. The number of aryl methyl sites for hydroxylation is 1. The third-order valence-electron chi connectivity index (χ3n) is 4.01. The molecule has 2 heterocycles. The molecule has 0 unspecified atom stereocenters. The van der Waals surface area contributed by atoms with Gasteiger partial charge in [0, 0.05) is 12.7 Å². The van der Waals surface area contributed by atoms with Crippen LogP contribution in [0.25, 0.3) is 0 Å². The first-order valence-electron chi connectivity index (χ1n) is 7.22. The van der Waals surface area contributed by atoms with E-state index >= 15 is 0 Å². The Bertz CT molecular complexity index is 687. The van der Waals surface area contributed by atoms with Crippen molar-refractivity contribution in [1.82, 2.24) is 9.88 Å². The van der Waals surface area contributed by atoms with Gasteiger partial charge in [0.05, 0.1) is 12.1 Å². The largest absolute Gasteiger partial charge is 0.391 e. The molecule has 1 aromatic carbocycles. The Morgan fingerprint density at radius 2 is 2.05 bits per heavy atom. The van der Waals surface area contributed by atoms with Crippen LogP contribution in [0.1, 0.15) is 34.1 Å². The molecule has 114 valence electrons. The van der Waals surface area contributed by atoms with Gasteiger partial charge in [0.2, 0.25) is 0 Å². The van der Waals surface area contributed by atoms with E-state index in [0.29, 0.717) is 12.1 Å². The number of hydrogen-bond donors (Lipinski definition) is 1. The predicted octanol–water partition coefficient (Wildman–Crippen LogP) is 2.48. The fourth-order valence-corrected chi connectivity index (χ4v) is 2.88. The molecular formula is C17H17FN2O2. The number of nitrogens with zero attached hydrogens (tertiary/aromatic N) is 2. The van der Waals surface area contributed by atoms with E-state index in [9.17, 15) is 14.3 Å². The number of aromatic nitrogens is 1. The van der Waals surface area contributed by atoms with Crippen LogP contribution in [0.4, 0.5) is 4.39 Å². The Morgan fingerprint density at radius 1 is 1.32 bits per heavy atom. The molecule has 1 aliphatic heterocycles. The molecule has 4 nitrogen and oxygen atoms in total. The number of amides is 1. The number of carbonyl (C=O) groups excluding carboxylic acids is 1. The number of benzene rings is 1. The first-order chi connectivity index (χ1) is 10.6. The molecule has 1 amide bonds. The fraction of sp³-hybridized carbons (Fsp3) is 0.294. The average Bonchev–Trinajstić information content (AvgIpc) is 2.90. The maximum atomic E-state index is 13.1. The highest BCUT2D eigenvalue weighted by molar-refractivity contribution is 5.94. The molecule has 2 atom stereocenters. The molecule has 1 aromatic heterocycles. The highest BCUT2D eigenvalue weighted by atomic mass is 19.1. The van der Waals surface area contributed by atoms with Gasteiger partial charge in [0.1, 0.15) is 11.5 Å². The van der Waals surface area contributed by atoms with E-state index in [2.05, 4.69) is 4.98 Å². The van der Waals surface area contributed by atoms with Gasteiger partial charge < -0.3 is 10.0 Å². The Morgan fingerprint density at radius 3 is 2.73 bits per heavy atom. The number of aliphatic hydroxyl groups excluding tert-OH is 1. The van der Waals surface area contributed by atoms with Crippen LogP contribution in [0.3, 0.4) is 0 Å². The Kier molecular flexibility index (Phi) is 3.90. The second-order valence-electron chi connectivity index (χ2n) is 5.58. The summed E-state index contributed by atoms with van der Waals surface area (Å²) < 4.78 is 13.1. The van der Waals surface area contributed by atoms with Crippen LogP contribution in [-0.4, -0.2) is 33.5 Å². The molecular weight excluding hydrogens is 283 g/mol. The van der Waals surface area contributed by atoms with Gasteiger partial charge in [-0.3, -0.25) is 9.78 Å². The summed E-state index contributed by atoms with van der Waals surface area (Å²) in [5.74, 6) is -0.523. The molecule has 5 heteroatoms. The van der Waals surface area contributed by atoms with Gasteiger partial charge in [-0.2, -0.15) is 0 Å². The molecule has 0 aliphatic carbocycles. The molecule has 2 aromatic rings. The van der Waals surface area contributed by atoms with Crippen molar-refractivity contribution in [2.75, 3.05) is 6.54 Å². The number of hydrogen-bond acceptors (Lipinski definition) is 3. The van der Waals surface area contributed by atoms with E-state index in [-0.39, 0.29) is 24.3 Å². The van der Waals surface area contributed by atoms with E-state index in [4.69, 9.17) is 0 Å². The Hall–Kier alpha value is -2.27. The normalized spacial score (nSPS) is 21.1. The van der Waals surface area contributed by atoms with E-state index in [1.54, 1.807) is 29.3 Å². The molecule has 0 radical (unpaired) electrons. The molecule has 22 heavy (non-hydrogen) atoms. The summed E-state index contributed by atoms with van der Waals surface area (Å²) in [6.45, 7) is 2.09. The van der Waals surface area contributed by atoms with Crippen molar-refractivity contribution < 1.29 is 14.3 Å². The van der Waals surface area contributed by atoms with Gasteiger partial charge in [0.15, 0.2) is 0 Å². The van der Waals surface area contributed by atoms with E-state index in [1.807, 2.05) is 13.0 Å². The van der Waals surface area contributed by atoms with Crippen LogP contribution in [0.5, 0.6) is 0 Å². The third-order valence-corrected chi connectivity index (χ3v) is 4.01. The van der Waals surface area contributed by atoms with Gasteiger partial charge in [-0.1, -0.05) is 18.2 Å². The zero-order valence-corrected chi connectivity index (χ0v) is 12.2. The molecule has 1 N–H and O–H groups in total. The molecule has 1 saturated heterocycles. The van der Waals surface area contributed by atoms with E-state index in [0.717, 1.165) is 11.1 Å². The number of pyridine rings is 1. The molecule has 1 aliphatic rings. The van der Waals surface area contributed by atoms with Crippen molar-refractivity contribution in [3.05, 3.63) is 65.2 Å². The topological polar surface area (TPSA) is 53.4 Å². The fourth-order valence-electron chi connectivity index (χ4n) is 2.88. The minimum absolute atomic E-state index is 0.205. The lowest BCUT2D eigenvalue weighted by molar-refractivity contribution is 0.0709. The molecule has 3 rings (SSSR count). The van der Waals surface area contributed by atoms with Crippen LogP contribution in [0.2, 0.25) is 0 Å². The van der Waals surface area contributed by atoms with Crippen LogP contribution in [0.15, 0.2) is 42.6 Å². The maximum absolute atomic E-state index is 13.1. The molecule has 0 bridgehead atoms. The van der Waals surface area contributed by atoms with Gasteiger partial charge in [-0.25, -0.2) is 4.39 Å². The number of carbonyl (C=O) groups is 1. The quantitative estimate of drug-likeness (QED) is 0.927. The highest BCUT2D eigenvalue weighted by Crippen LogP contribution is 2.33. The van der Waals surface area contributed by atoms with Crippen LogP contribution < -0.4 is 0 Å². The predicted molar refractivity (Wildman–Crippen MR) is 79.8 cm³/mol. The van der Waals surface area contributed by atoms with E-state index < -0.39 is 6.10 Å². The number of likely N-dealkylation sites (tertiary alicyclic amines) is 1. The van der Waals surface area contributed by atoms with Crippen molar-refractivity contribution in [1.29, 1.82) is 0 Å². The smallest absolute Gasteiger partial charge is 0.273 e. The summed E-state index contributed by atoms with van der Waals surface area (Å²) in [5, 5.41) is 9.96. The van der Waals surface area contributed by atoms with Crippen molar-refractivity contribution >= 4 is 5.91 Å². The average molecular weight is 300 g/mol. The maximum Gasteiger partial charge on any atom is 0.273 e. The zero-order valence-electron chi connectivity index (χ0n) is 12.2. The second-order valence-corrected chi connectivity index (χ2v) is 5.58. The number of halogens is 1. The van der Waals surface area contributed by atoms with Crippen molar-refractivity contribution in [3.8, 4) is 0 Å². The number of aliphatic hydroxyl groups is 1. The van der Waals surface area contributed by atoms with Crippen LogP contribution in [-0.2, 0) is 0 Å². The van der Waals surface area contributed by atoms with Gasteiger partial charge in [-0.15, -0.1) is 0 Å². The van der Waals surface area contributed by atoms with E-state index in [1.165, 1.54) is 12.1 Å². The molecule has 0 spiro atoms. The number of rotatable bonds is 2. The van der Waals surface area contributed by atoms with Crippen LogP contribution in [0, 0.1) is 12.7 Å². The van der Waals surface area contributed by atoms with Crippen LogP contribution >= 0.6 is 0 Å². The van der Waals surface area contributed by atoms with Crippen molar-refractivity contribution in [2.45, 2.75) is 25.5 Å². The monoisotopic (exact) mass is 300 g/mol. The Labute approximate surface area is 128 Å². The standard InChI is InChI=1S/C17H17FN2O2/c1-11-3-2-8-19-16(11)17(22)20-10-14(21)9-15(20)12-4-6-13(18)7-5-12/h2-8,14-15,21H,9-10H2,1H3/t14-,15-/m0/s1. The van der Waals surface area contributed by atoms with Crippen molar-refractivity contribution in [3.63, 3.8) is 0 Å². The minimum Gasteiger partial charge on any atom is -0.391 e. The first kappa shape index (κ1) is 14.7. The lowest BCUT2D eigenvalue weighted by Crippen LogP contribution is -2.32. The SMILES string of the molecule is Cc1cccnc1C(=O)N1C[C@@H](O)C[C@H]1c1ccc(F)cc1. The summed E-state index contributed by atoms with van der Waals surface area (Å²) in [7, 11) is 0. The lowest BCUT2D eigenvalue weighted by Gasteiger charge is -2.25. The Balaban J connectivity index is 1.92. The minimum atomic E-state index is -0.581. The molecule has 0 saturated carbocycles. The summed E-state index contributed by atoms with van der Waals surface area (Å²) in [5.41, 5.74) is 2.01. The summed E-state index contributed by atoms with van der Waals surface area (Å²) in [6, 6.07) is 9.41. The summed E-state index contributed by atoms with van der Waals surface area (Å²) in [6.07, 6.45) is 1.45. The molecule has 1 fully saturated rings. The summed E-state index contributed by atoms with van der Waals surface area (Å²) in [4.78, 5) is 18.5. The zero-order chi connectivity index (χ0) is 15.7. The van der Waals surface area contributed by atoms with Gasteiger partial charge in [0.25, 0.3) is 5.91 Å². The third kappa shape index (κ3) is 2.72. The number of β-amino-alcohol motifs (C(OH)–C–C–N with tert-alkyl or cyclic N) is 1. The lowest BCUT2D eigenvalue weighted by atomic mass is 10.0. The highest BCUT2D eigenvalue weighted by Gasteiger charge is 2.36. The second kappa shape index (κ2) is 5.85. The van der Waals surface area contributed by atoms with Gasteiger partial charge in [-0.05, 0) is 42.7 Å². The van der Waals surface area contributed by atoms with Crippen molar-refractivity contribution in [2.24, 2.45) is 0 Å².